The first-order valence-electron chi connectivity index (χ1n) is 28.5. The molecule has 0 fully saturated rings. The van der Waals surface area contributed by atoms with E-state index >= 15 is 0 Å². The summed E-state index contributed by atoms with van der Waals surface area (Å²) in [5.41, 5.74) is 0. The average molecular weight is 1300 g/mol. The van der Waals surface area contributed by atoms with Crippen molar-refractivity contribution in [3.63, 3.8) is 0 Å². The molecule has 0 unspecified atom stereocenters. The van der Waals surface area contributed by atoms with Crippen LogP contribution in [0.25, 0.3) is 0 Å². The summed E-state index contributed by atoms with van der Waals surface area (Å²) in [6.07, 6.45) is 0. The van der Waals surface area contributed by atoms with Gasteiger partial charge in [0.1, 0.15) is 0 Å². The molecule has 12 rings (SSSR count). The molecule has 0 aromatic heterocycles. The summed E-state index contributed by atoms with van der Waals surface area (Å²) in [4.78, 5) is 0. The van der Waals surface area contributed by atoms with Gasteiger partial charge < -0.3 is 0 Å². The molecule has 0 aliphatic carbocycles. The van der Waals surface area contributed by atoms with Crippen LogP contribution in [0.2, 0.25) is 0 Å². The number of rotatable bonds is 28. The van der Waals surface area contributed by atoms with Gasteiger partial charge in [-0.05, 0) is 0 Å². The van der Waals surface area contributed by atoms with E-state index in [1.54, 1.807) is 0 Å². The molecule has 454 valence electrons. The monoisotopic (exact) mass is 1300 g/mol. The second-order valence-electron chi connectivity index (χ2n) is 19.2. The van der Waals surface area contributed by atoms with Crippen molar-refractivity contribution in [2.24, 2.45) is 0 Å². The molecule has 17 heteroatoms. The van der Waals surface area contributed by atoms with Gasteiger partial charge in [0, 0.05) is 0 Å². The first kappa shape index (κ1) is 59.8. The van der Waals surface area contributed by atoms with Crippen molar-refractivity contribution >= 4 is 26.9 Å². The van der Waals surface area contributed by atoms with E-state index in [1.165, 1.54) is 0 Å². The molecule has 0 bridgehead atoms. The topological polar surface area (TPSA) is 111 Å². The summed E-state index contributed by atoms with van der Waals surface area (Å²) in [5, 5.41) is 0. The summed E-state index contributed by atoms with van der Waals surface area (Å²) in [5.74, 6) is 3.13. The van der Waals surface area contributed by atoms with E-state index in [0.29, 0.717) is 0 Å². The van der Waals surface area contributed by atoms with Crippen LogP contribution in [-0.2, 0) is 10.7 Å². The van der Waals surface area contributed by atoms with Crippen molar-refractivity contribution in [2.75, 3.05) is 0 Å². The van der Waals surface area contributed by atoms with E-state index in [4.69, 9.17) is 54.3 Å². The molecule has 0 amide bonds. The van der Waals surface area contributed by atoms with Gasteiger partial charge >= 0.3 is 525 Å². The third-order valence-corrected chi connectivity index (χ3v) is 64.1. The summed E-state index contributed by atoms with van der Waals surface area (Å²) in [7, 11) is -5.14. The molecule has 12 aromatic carbocycles. The van der Waals surface area contributed by atoms with E-state index in [2.05, 4.69) is 0 Å². The van der Waals surface area contributed by atoms with Gasteiger partial charge in [-0.3, -0.25) is 0 Å². The first-order chi connectivity index (χ1) is 43.9. The SMILES string of the molecule is c1ccc(O[PH](Oc2ccccc2)(Oc2ccccc2)[Ni]([PH](Oc2ccccc2)(Oc2ccccc2)Oc2ccccc2)([PH](Oc2ccccc2)(Oc2ccccc2)Oc2ccccc2)[PH](Oc2ccccc2)(Oc2ccccc2)Oc2ccccc2)cc1. The fourth-order valence-electron chi connectivity index (χ4n) is 9.01. The Morgan fingerprint density at radius 3 is 0.281 bits per heavy atom. The molecule has 0 N–H and O–H groups in total. The van der Waals surface area contributed by atoms with E-state index < -0.39 is 37.5 Å². The molecule has 89 heavy (non-hydrogen) atoms. The quantitative estimate of drug-likeness (QED) is 0.0344. The minimum absolute atomic E-state index is 0.261. The Morgan fingerprint density at radius 2 is 0.202 bits per heavy atom. The molecule has 0 saturated heterocycles. The Hall–Kier alpha value is -9.55. The summed E-state index contributed by atoms with van der Waals surface area (Å²) in [6, 6.07) is 111. The minimum atomic E-state index is -5.93. The van der Waals surface area contributed by atoms with Crippen molar-refractivity contribution < 1.29 is 64.9 Å². The average Bonchev–Trinajstić information content (AvgIpc) is 0.656. The van der Waals surface area contributed by atoms with Gasteiger partial charge in [0.05, 0.1) is 0 Å². The van der Waals surface area contributed by atoms with Gasteiger partial charge in [-0.2, -0.15) is 0 Å². The van der Waals surface area contributed by atoms with Crippen LogP contribution in [-0.4, -0.2) is 0 Å². The van der Waals surface area contributed by atoms with Crippen LogP contribution in [0.1, 0.15) is 0 Å². The van der Waals surface area contributed by atoms with Crippen LogP contribution < -0.4 is 54.3 Å². The number of para-hydroxylation sites is 12. The Morgan fingerprint density at radius 1 is 0.124 bits per heavy atom. The maximum absolute atomic E-state index is 8.35. The molecule has 12 nitrogen and oxygen atoms in total. The summed E-state index contributed by atoms with van der Waals surface area (Å²) < 4.78 is 100. The zero-order valence-electron chi connectivity index (χ0n) is 47.9. The Balaban J connectivity index is 1.45. The van der Waals surface area contributed by atoms with Crippen molar-refractivity contribution in [3.8, 4) is 69.0 Å². The molecule has 0 heterocycles. The maximum atomic E-state index is 8.35. The normalized spacial score (nSPS) is 13.2. The van der Waals surface area contributed by atoms with E-state index in [-0.39, 0.29) is 69.0 Å². The molecule has 0 aliphatic rings. The van der Waals surface area contributed by atoms with Gasteiger partial charge in [0.25, 0.3) is 0 Å². The second-order valence-corrected chi connectivity index (χ2v) is 49.6. The zero-order valence-corrected chi connectivity index (χ0v) is 52.8. The molecule has 12 aromatic rings. The van der Waals surface area contributed by atoms with Gasteiger partial charge in [0.2, 0.25) is 0 Å². The second kappa shape index (κ2) is 28.5. The van der Waals surface area contributed by atoms with Crippen molar-refractivity contribution in [1.29, 1.82) is 0 Å². The van der Waals surface area contributed by atoms with E-state index in [9.17, 15) is 0 Å². The molecule has 0 aliphatic heterocycles. The fourth-order valence-corrected chi connectivity index (χ4v) is 65.2. The standard InChI is InChI=1S/4C18H16O3P.Ni/c4*1-4-10-16(11-5-1)19-22(20-17-12-6-2-7-13-17)21-18-14-8-3-9-15-18;/h4*1-15,22H;/q4*+1;-4. The summed E-state index contributed by atoms with van der Waals surface area (Å²) >= 11 is 0. The number of benzene rings is 12. The van der Waals surface area contributed by atoms with Gasteiger partial charge in [-0.25, -0.2) is 0 Å². The molecule has 0 radical (unpaired) electrons. The van der Waals surface area contributed by atoms with E-state index in [0.717, 1.165) is 0 Å². The van der Waals surface area contributed by atoms with Gasteiger partial charge in [0.15, 0.2) is 0 Å². The molecular formula is C72H64NiO12P4. The predicted molar refractivity (Wildman–Crippen MR) is 358 cm³/mol. The zero-order chi connectivity index (χ0) is 60.3. The van der Waals surface area contributed by atoms with E-state index in [1.807, 2.05) is 364 Å². The Bertz CT molecular complexity index is 3090. The van der Waals surface area contributed by atoms with Gasteiger partial charge in [-0.15, -0.1) is 0 Å². The first-order valence-corrected chi connectivity index (χ1v) is 40.5. The number of hydrogen-bond donors (Lipinski definition) is 0. The molecule has 0 atom stereocenters. The predicted octanol–water partition coefficient (Wildman–Crippen LogP) is 20.7. The van der Waals surface area contributed by atoms with Gasteiger partial charge in [-0.1, -0.05) is 0 Å². The third-order valence-electron chi connectivity index (χ3n) is 12.9. The molecule has 0 spiro atoms. The molecule has 0 saturated carbocycles. The summed E-state index contributed by atoms with van der Waals surface area (Å²) in [6.45, 7) is -23.7. The number of hydrogen-bond acceptors (Lipinski definition) is 12. The van der Waals surface area contributed by atoms with Crippen LogP contribution in [0.15, 0.2) is 364 Å². The van der Waals surface area contributed by atoms with Crippen LogP contribution >= 0.6 is 26.9 Å². The van der Waals surface area contributed by atoms with Crippen LogP contribution in [0.5, 0.6) is 69.0 Å². The fraction of sp³-hybridized carbons (Fsp3) is 0. The Kier molecular flexibility index (Phi) is 19.2. The van der Waals surface area contributed by atoms with Crippen molar-refractivity contribution in [3.05, 3.63) is 364 Å². The van der Waals surface area contributed by atoms with Crippen molar-refractivity contribution in [1.82, 2.24) is 0 Å². The van der Waals surface area contributed by atoms with Crippen molar-refractivity contribution in [2.45, 2.75) is 0 Å². The molecular weight excluding hydrogens is 1240 g/mol. The Labute approximate surface area is 521 Å². The van der Waals surface area contributed by atoms with Crippen LogP contribution in [0.4, 0.5) is 0 Å². The third kappa shape index (κ3) is 13.8. The van der Waals surface area contributed by atoms with Crippen LogP contribution in [0, 0.1) is 0 Å². The van der Waals surface area contributed by atoms with Crippen LogP contribution in [0.3, 0.4) is 0 Å².